The molecule has 5 heteroatoms. The topological polar surface area (TPSA) is 49.9 Å². The molecule has 1 aliphatic rings. The van der Waals surface area contributed by atoms with Gasteiger partial charge in [-0.3, -0.25) is 9.59 Å². The maximum atomic E-state index is 13.7. The molecule has 0 fully saturated rings. The number of carbonyl (C=O) groups excluding carboxylic acids is 2. The number of rotatable bonds is 5. The number of fused-ring (bicyclic) bond motifs is 1. The first-order chi connectivity index (χ1) is 16.7. The van der Waals surface area contributed by atoms with Crippen LogP contribution in [0, 0.1) is 19.8 Å². The van der Waals surface area contributed by atoms with Crippen molar-refractivity contribution < 1.29 is 14.3 Å². The molecular formula is C30H34N2O3. The molecule has 0 bridgehead atoms. The summed E-state index contributed by atoms with van der Waals surface area (Å²) >= 11 is 0. The molecule has 0 radical (unpaired) electrons. The maximum absolute atomic E-state index is 13.7. The lowest BCUT2D eigenvalue weighted by Crippen LogP contribution is -2.48. The fourth-order valence-corrected chi connectivity index (χ4v) is 4.82. The summed E-state index contributed by atoms with van der Waals surface area (Å²) in [5.41, 5.74) is 5.59. The van der Waals surface area contributed by atoms with Crippen LogP contribution in [0.1, 0.15) is 60.3 Å². The lowest BCUT2D eigenvalue weighted by atomic mass is 9.88. The van der Waals surface area contributed by atoms with E-state index in [1.807, 2.05) is 73.9 Å². The molecule has 4 rings (SSSR count). The second-order valence-electron chi connectivity index (χ2n) is 9.76. The van der Waals surface area contributed by atoms with Gasteiger partial charge in [0, 0.05) is 28.9 Å². The van der Waals surface area contributed by atoms with Crippen LogP contribution in [0.5, 0.6) is 5.75 Å². The monoisotopic (exact) mass is 470 g/mol. The number of nitrogens with zero attached hydrogens (tertiary/aromatic N) is 2. The van der Waals surface area contributed by atoms with Gasteiger partial charge in [0.2, 0.25) is 5.91 Å². The van der Waals surface area contributed by atoms with Gasteiger partial charge in [0.25, 0.3) is 5.91 Å². The summed E-state index contributed by atoms with van der Waals surface area (Å²) in [6.07, 6.45) is 0.644. The minimum atomic E-state index is -0.169. The molecule has 0 saturated heterocycles. The number of benzene rings is 3. The zero-order valence-electron chi connectivity index (χ0n) is 21.4. The van der Waals surface area contributed by atoms with E-state index in [-0.39, 0.29) is 29.8 Å². The molecule has 1 aliphatic heterocycles. The Morgan fingerprint density at radius 2 is 1.57 bits per heavy atom. The molecule has 3 aromatic carbocycles. The van der Waals surface area contributed by atoms with Gasteiger partial charge >= 0.3 is 0 Å². The molecule has 182 valence electrons. The van der Waals surface area contributed by atoms with Crippen LogP contribution in [-0.2, 0) is 4.79 Å². The zero-order valence-corrected chi connectivity index (χ0v) is 21.4. The molecule has 2 unspecified atom stereocenters. The highest BCUT2D eigenvalue weighted by molar-refractivity contribution is 6.07. The lowest BCUT2D eigenvalue weighted by molar-refractivity contribution is -0.122. The summed E-state index contributed by atoms with van der Waals surface area (Å²) < 4.78 is 5.25. The molecule has 1 heterocycles. The lowest BCUT2D eigenvalue weighted by Gasteiger charge is -2.44. The first-order valence-corrected chi connectivity index (χ1v) is 12.2. The van der Waals surface area contributed by atoms with E-state index in [0.29, 0.717) is 17.7 Å². The van der Waals surface area contributed by atoms with Gasteiger partial charge in [0.1, 0.15) is 5.75 Å². The van der Waals surface area contributed by atoms with E-state index in [0.717, 1.165) is 28.1 Å². The van der Waals surface area contributed by atoms with Gasteiger partial charge in [-0.15, -0.1) is 0 Å². The molecule has 0 saturated carbocycles. The molecule has 0 aliphatic carbocycles. The molecule has 0 N–H and O–H groups in total. The quantitative estimate of drug-likeness (QED) is 0.429. The summed E-state index contributed by atoms with van der Waals surface area (Å²) in [4.78, 5) is 31.1. The Kier molecular flexibility index (Phi) is 6.97. The number of anilines is 2. The van der Waals surface area contributed by atoms with E-state index in [4.69, 9.17) is 4.74 Å². The second kappa shape index (κ2) is 9.95. The highest BCUT2D eigenvalue weighted by atomic mass is 16.5. The van der Waals surface area contributed by atoms with E-state index in [1.165, 1.54) is 0 Å². The summed E-state index contributed by atoms with van der Waals surface area (Å²) in [6, 6.07) is 21.2. The van der Waals surface area contributed by atoms with Gasteiger partial charge in [-0.05, 0) is 75.2 Å². The van der Waals surface area contributed by atoms with E-state index < -0.39 is 0 Å². The average molecular weight is 471 g/mol. The van der Waals surface area contributed by atoms with Crippen LogP contribution in [-0.4, -0.2) is 25.0 Å². The molecule has 2 atom stereocenters. The largest absolute Gasteiger partial charge is 0.497 e. The number of carbonyl (C=O) groups is 2. The van der Waals surface area contributed by atoms with Crippen LogP contribution >= 0.6 is 0 Å². The third kappa shape index (κ3) is 4.81. The number of ether oxygens (including phenoxy) is 1. The van der Waals surface area contributed by atoms with Gasteiger partial charge in [-0.2, -0.15) is 0 Å². The Morgan fingerprint density at radius 1 is 0.943 bits per heavy atom. The predicted octanol–water partition coefficient (Wildman–Crippen LogP) is 6.48. The van der Waals surface area contributed by atoms with Crippen molar-refractivity contribution in [2.45, 2.75) is 53.1 Å². The van der Waals surface area contributed by atoms with Crippen molar-refractivity contribution >= 4 is 23.2 Å². The Balaban J connectivity index is 1.81. The average Bonchev–Trinajstić information content (AvgIpc) is 2.85. The van der Waals surface area contributed by atoms with Crippen molar-refractivity contribution in [1.82, 2.24) is 0 Å². The van der Waals surface area contributed by atoms with Crippen LogP contribution < -0.4 is 14.5 Å². The maximum Gasteiger partial charge on any atom is 0.258 e. The van der Waals surface area contributed by atoms with Gasteiger partial charge in [0.15, 0.2) is 0 Å². The summed E-state index contributed by atoms with van der Waals surface area (Å²) in [5.74, 6) is 0.582. The molecule has 0 aromatic heterocycles. The minimum absolute atomic E-state index is 0.0548. The predicted molar refractivity (Wildman–Crippen MR) is 141 cm³/mol. The van der Waals surface area contributed by atoms with E-state index in [9.17, 15) is 9.59 Å². The first-order valence-electron chi connectivity index (χ1n) is 12.2. The molecular weight excluding hydrogens is 436 g/mol. The molecule has 35 heavy (non-hydrogen) atoms. The number of amides is 2. The van der Waals surface area contributed by atoms with Crippen molar-refractivity contribution in [3.63, 3.8) is 0 Å². The Morgan fingerprint density at radius 3 is 2.17 bits per heavy atom. The highest BCUT2D eigenvalue weighted by Crippen LogP contribution is 2.43. The minimum Gasteiger partial charge on any atom is -0.497 e. The van der Waals surface area contributed by atoms with Gasteiger partial charge in [-0.25, -0.2) is 0 Å². The third-order valence-corrected chi connectivity index (χ3v) is 6.72. The third-order valence-electron chi connectivity index (χ3n) is 6.72. The zero-order chi connectivity index (χ0) is 25.3. The van der Waals surface area contributed by atoms with Crippen LogP contribution in [0.15, 0.2) is 66.7 Å². The van der Waals surface area contributed by atoms with E-state index >= 15 is 0 Å². The number of hydrogen-bond donors (Lipinski definition) is 0. The normalized spacial score (nSPS) is 17.2. The molecule has 3 aromatic rings. The highest BCUT2D eigenvalue weighted by Gasteiger charge is 2.39. The van der Waals surface area contributed by atoms with Crippen molar-refractivity contribution in [2.75, 3.05) is 16.9 Å². The van der Waals surface area contributed by atoms with Crippen molar-refractivity contribution in [2.24, 2.45) is 5.92 Å². The fraction of sp³-hybridized carbons (Fsp3) is 0.333. The Labute approximate surface area is 208 Å². The van der Waals surface area contributed by atoms with Crippen LogP contribution in [0.3, 0.4) is 0 Å². The van der Waals surface area contributed by atoms with Gasteiger partial charge in [0.05, 0.1) is 13.2 Å². The van der Waals surface area contributed by atoms with Crippen LogP contribution in [0.4, 0.5) is 11.4 Å². The van der Waals surface area contributed by atoms with Crippen LogP contribution in [0.25, 0.3) is 0 Å². The molecule has 2 amide bonds. The van der Waals surface area contributed by atoms with Crippen molar-refractivity contribution in [3.8, 4) is 5.75 Å². The van der Waals surface area contributed by atoms with Gasteiger partial charge in [-0.1, -0.05) is 49.2 Å². The Bertz CT molecular complexity index is 1220. The van der Waals surface area contributed by atoms with Crippen molar-refractivity contribution in [3.05, 3.63) is 89.0 Å². The summed E-state index contributed by atoms with van der Waals surface area (Å²) in [7, 11) is 1.61. The standard InChI is InChI=1S/C30H34N2O3/c1-19(2)29(33)32(24-12-7-20(3)8-13-24)28-18-22(5)31(27-16-9-21(4)17-26(27)28)30(34)23-10-14-25(35-6)15-11-23/h7-17,19,22,28H,18H2,1-6H3. The number of hydrogen-bond acceptors (Lipinski definition) is 3. The SMILES string of the molecule is COc1ccc(C(=O)N2c3ccc(C)cc3C(N(C(=O)C(C)C)c3ccc(C)cc3)CC2C)cc1. The smallest absolute Gasteiger partial charge is 0.258 e. The van der Waals surface area contributed by atoms with E-state index in [1.54, 1.807) is 31.4 Å². The number of aryl methyl sites for hydroxylation is 2. The molecule has 5 nitrogen and oxygen atoms in total. The second-order valence-corrected chi connectivity index (χ2v) is 9.76. The number of methoxy groups -OCH3 is 1. The Hall–Kier alpha value is -3.60. The van der Waals surface area contributed by atoms with Gasteiger partial charge < -0.3 is 14.5 Å². The fourth-order valence-electron chi connectivity index (χ4n) is 4.82. The summed E-state index contributed by atoms with van der Waals surface area (Å²) in [5, 5.41) is 0. The molecule has 0 spiro atoms. The first kappa shape index (κ1) is 24.5. The van der Waals surface area contributed by atoms with E-state index in [2.05, 4.69) is 13.0 Å². The van der Waals surface area contributed by atoms with Crippen LogP contribution in [0.2, 0.25) is 0 Å². The summed E-state index contributed by atoms with van der Waals surface area (Å²) in [6.45, 7) is 10.0. The van der Waals surface area contributed by atoms with Crippen molar-refractivity contribution in [1.29, 1.82) is 0 Å².